The summed E-state index contributed by atoms with van der Waals surface area (Å²) in [6.07, 6.45) is 3.62. The molecule has 6 heteroatoms. The maximum Gasteiger partial charge on any atom is 0.336 e. The first-order valence-corrected chi connectivity index (χ1v) is 10.3. The fraction of sp³-hybridized carbons (Fsp3) is 0.381. The molecular weight excluding hydrogens is 380 g/mol. The molecule has 1 heterocycles. The van der Waals surface area contributed by atoms with Gasteiger partial charge in [0.2, 0.25) is 0 Å². The third-order valence-electron chi connectivity index (χ3n) is 4.26. The molecule has 0 saturated carbocycles. The number of halogens is 1. The van der Waals surface area contributed by atoms with Crippen LogP contribution in [0.5, 0.6) is 0 Å². The fourth-order valence-corrected chi connectivity index (χ4v) is 4.42. The number of nitriles is 1. The Morgan fingerprint density at radius 2 is 2.22 bits per heavy atom. The van der Waals surface area contributed by atoms with E-state index in [-0.39, 0.29) is 6.61 Å². The van der Waals surface area contributed by atoms with Crippen molar-refractivity contribution in [3.63, 3.8) is 0 Å². The van der Waals surface area contributed by atoms with E-state index in [0.29, 0.717) is 16.3 Å². The van der Waals surface area contributed by atoms with E-state index < -0.39 is 17.8 Å². The largest absolute Gasteiger partial charge is 0.458 e. The molecule has 0 fully saturated rings. The maximum atomic E-state index is 12.7. The van der Waals surface area contributed by atoms with Gasteiger partial charge in [-0.1, -0.05) is 55.8 Å². The molecule has 2 atom stereocenters. The van der Waals surface area contributed by atoms with Gasteiger partial charge in [-0.15, -0.1) is 11.8 Å². The Balaban J connectivity index is 2.54. The normalized spacial score (nSPS) is 19.3. The Bertz CT molecular complexity index is 811. The lowest BCUT2D eigenvalue weighted by atomic mass is 9.79. The quantitative estimate of drug-likeness (QED) is 0.342. The number of aliphatic imine (C=N–C) groups is 1. The summed E-state index contributed by atoms with van der Waals surface area (Å²) in [6, 6.07) is 9.65. The zero-order valence-electron chi connectivity index (χ0n) is 15.6. The summed E-state index contributed by atoms with van der Waals surface area (Å²) in [5.74, 6) is -0.699. The summed E-state index contributed by atoms with van der Waals surface area (Å²) >= 11 is 8.01. The Labute approximate surface area is 170 Å². The van der Waals surface area contributed by atoms with Crippen LogP contribution in [0.3, 0.4) is 0 Å². The Morgan fingerprint density at radius 1 is 1.48 bits per heavy atom. The summed E-state index contributed by atoms with van der Waals surface area (Å²) in [5, 5.41) is 11.2. The lowest BCUT2D eigenvalue weighted by Crippen LogP contribution is -2.30. The van der Waals surface area contributed by atoms with Crippen molar-refractivity contribution in [2.24, 2.45) is 10.9 Å². The Morgan fingerprint density at radius 3 is 2.85 bits per heavy atom. The highest BCUT2D eigenvalue weighted by Crippen LogP contribution is 2.43. The van der Waals surface area contributed by atoms with Crippen LogP contribution in [0.25, 0.3) is 0 Å². The molecule has 0 radical (unpaired) electrons. The topological polar surface area (TPSA) is 62.4 Å². The van der Waals surface area contributed by atoms with E-state index in [0.717, 1.165) is 29.2 Å². The molecule has 1 aromatic carbocycles. The molecule has 0 aliphatic carbocycles. The van der Waals surface area contributed by atoms with Crippen molar-refractivity contribution < 1.29 is 9.53 Å². The van der Waals surface area contributed by atoms with Crippen molar-refractivity contribution in [2.75, 3.05) is 12.4 Å². The number of nitrogens with zero attached hydrogens (tertiary/aromatic N) is 2. The van der Waals surface area contributed by atoms with Gasteiger partial charge in [0.1, 0.15) is 12.5 Å². The molecular formula is C21H23ClN2O2S. The van der Waals surface area contributed by atoms with E-state index in [4.69, 9.17) is 16.3 Å². The number of benzene rings is 1. The van der Waals surface area contributed by atoms with Gasteiger partial charge in [-0.25, -0.2) is 9.79 Å². The zero-order valence-corrected chi connectivity index (χ0v) is 17.1. The second kappa shape index (κ2) is 10.3. The van der Waals surface area contributed by atoms with Crippen LogP contribution in [-0.2, 0) is 9.53 Å². The molecule has 27 heavy (non-hydrogen) atoms. The van der Waals surface area contributed by atoms with Crippen LogP contribution in [0.2, 0.25) is 5.02 Å². The van der Waals surface area contributed by atoms with Gasteiger partial charge in [0.25, 0.3) is 0 Å². The third kappa shape index (κ3) is 5.03. The number of esters is 1. The molecule has 1 aliphatic rings. The van der Waals surface area contributed by atoms with Crippen molar-refractivity contribution in [3.8, 4) is 6.07 Å². The van der Waals surface area contributed by atoms with Crippen LogP contribution in [0.15, 0.2) is 53.2 Å². The van der Waals surface area contributed by atoms with Crippen molar-refractivity contribution in [1.29, 1.82) is 5.26 Å². The van der Waals surface area contributed by atoms with Crippen LogP contribution in [0, 0.1) is 17.2 Å². The molecule has 0 N–H and O–H groups in total. The van der Waals surface area contributed by atoms with Crippen LogP contribution >= 0.6 is 23.4 Å². The van der Waals surface area contributed by atoms with Gasteiger partial charge in [0.15, 0.2) is 0 Å². The van der Waals surface area contributed by atoms with Gasteiger partial charge in [0, 0.05) is 16.6 Å². The predicted octanol–water partition coefficient (Wildman–Crippen LogP) is 5.51. The molecule has 0 amide bonds. The monoisotopic (exact) mass is 402 g/mol. The molecule has 4 nitrogen and oxygen atoms in total. The average Bonchev–Trinajstić information content (AvgIpc) is 2.66. The number of carbonyl (C=O) groups is 1. The van der Waals surface area contributed by atoms with Gasteiger partial charge >= 0.3 is 5.97 Å². The third-order valence-corrected chi connectivity index (χ3v) is 5.74. The second-order valence-corrected chi connectivity index (χ2v) is 7.67. The molecule has 2 rings (SSSR count). The second-order valence-electron chi connectivity index (χ2n) is 6.14. The Kier molecular flexibility index (Phi) is 8.15. The summed E-state index contributed by atoms with van der Waals surface area (Å²) in [5.41, 5.74) is 1.69. The number of unbranched alkanes of at least 4 members (excludes halogenated alkanes) is 1. The standard InChI is InChI=1S/C21H23ClN2O2S/c1-4-6-12-27-20-16(13-23)19(15-9-7-8-10-17(15)22)18(14(3)24-20)21(25)26-11-5-2/h5,7-10,16,19H,2,4,6,11-12H2,1,3H3/t16?,19-/m0/s1. The molecule has 1 aliphatic heterocycles. The SMILES string of the molecule is C=CCOC(=O)C1=C(C)N=C(SCCCC)C(C#N)[C@@H]1c1ccccc1Cl. The van der Waals surface area contributed by atoms with Crippen LogP contribution in [0.1, 0.15) is 38.2 Å². The first-order valence-electron chi connectivity index (χ1n) is 8.89. The van der Waals surface area contributed by atoms with Gasteiger partial charge in [-0.05, 0) is 30.7 Å². The van der Waals surface area contributed by atoms with Crippen molar-refractivity contribution in [2.45, 2.75) is 32.6 Å². The van der Waals surface area contributed by atoms with Crippen LogP contribution in [-0.4, -0.2) is 23.4 Å². The first-order chi connectivity index (χ1) is 13.0. The number of hydrogen-bond acceptors (Lipinski definition) is 5. The molecule has 0 aromatic heterocycles. The molecule has 0 bridgehead atoms. The number of thioether (sulfide) groups is 1. The fourth-order valence-electron chi connectivity index (χ4n) is 2.95. The van der Waals surface area contributed by atoms with Crippen LogP contribution < -0.4 is 0 Å². The Hall–Kier alpha value is -2.03. The number of hydrogen-bond donors (Lipinski definition) is 0. The van der Waals surface area contributed by atoms with Gasteiger partial charge in [-0.2, -0.15) is 5.26 Å². The first kappa shape index (κ1) is 21.3. The highest BCUT2D eigenvalue weighted by atomic mass is 35.5. The smallest absolute Gasteiger partial charge is 0.336 e. The van der Waals surface area contributed by atoms with Gasteiger partial charge in [0.05, 0.1) is 16.7 Å². The number of carbonyl (C=O) groups excluding carboxylic acids is 1. The van der Waals surface area contributed by atoms with E-state index in [1.165, 1.54) is 6.08 Å². The van der Waals surface area contributed by atoms with E-state index >= 15 is 0 Å². The minimum Gasteiger partial charge on any atom is -0.458 e. The van der Waals surface area contributed by atoms with Gasteiger partial charge in [-0.3, -0.25) is 0 Å². The number of ether oxygens (including phenoxy) is 1. The average molecular weight is 403 g/mol. The zero-order chi connectivity index (χ0) is 19.8. The molecule has 0 saturated heterocycles. The van der Waals surface area contributed by atoms with E-state index in [1.807, 2.05) is 18.2 Å². The number of allylic oxidation sites excluding steroid dienone is 1. The summed E-state index contributed by atoms with van der Waals surface area (Å²) in [7, 11) is 0. The maximum absolute atomic E-state index is 12.7. The van der Waals surface area contributed by atoms with Crippen molar-refractivity contribution >= 4 is 34.4 Å². The number of rotatable bonds is 7. The molecule has 0 spiro atoms. The highest BCUT2D eigenvalue weighted by Gasteiger charge is 2.40. The van der Waals surface area contributed by atoms with Crippen molar-refractivity contribution in [3.05, 3.63) is 58.8 Å². The minimum absolute atomic E-state index is 0.101. The molecule has 1 aromatic rings. The van der Waals surface area contributed by atoms with Gasteiger partial charge < -0.3 is 4.74 Å². The van der Waals surface area contributed by atoms with Crippen molar-refractivity contribution in [1.82, 2.24) is 0 Å². The highest BCUT2D eigenvalue weighted by molar-refractivity contribution is 8.14. The van der Waals surface area contributed by atoms with E-state index in [1.54, 1.807) is 24.8 Å². The molecule has 1 unspecified atom stereocenters. The van der Waals surface area contributed by atoms with E-state index in [2.05, 4.69) is 24.6 Å². The summed E-state index contributed by atoms with van der Waals surface area (Å²) in [4.78, 5) is 17.3. The van der Waals surface area contributed by atoms with E-state index in [9.17, 15) is 10.1 Å². The predicted molar refractivity (Wildman–Crippen MR) is 112 cm³/mol. The minimum atomic E-state index is -0.582. The summed E-state index contributed by atoms with van der Waals surface area (Å²) in [6.45, 7) is 7.58. The summed E-state index contributed by atoms with van der Waals surface area (Å²) < 4.78 is 5.28. The lowest BCUT2D eigenvalue weighted by Gasteiger charge is -2.30. The van der Waals surface area contributed by atoms with Crippen LogP contribution in [0.4, 0.5) is 0 Å². The lowest BCUT2D eigenvalue weighted by molar-refractivity contribution is -0.138. The molecule has 142 valence electrons.